The second kappa shape index (κ2) is 9.15. The molecule has 0 atom stereocenters. The van der Waals surface area contributed by atoms with Gasteiger partial charge in [0.25, 0.3) is 0 Å². The van der Waals surface area contributed by atoms with E-state index in [1.165, 1.54) is 11.3 Å². The molecule has 1 aromatic carbocycles. The Bertz CT molecular complexity index is 683. The SMILES string of the molecule is CCN(CC)C(=S)SCc1csc(N(C(C)=O)c2ccccc2)n1. The molecular weight excluding hydrogens is 358 g/mol. The third-order valence-electron chi connectivity index (χ3n) is 3.43. The van der Waals surface area contributed by atoms with Crippen molar-refractivity contribution in [2.75, 3.05) is 18.0 Å². The van der Waals surface area contributed by atoms with Crippen LogP contribution in [0.15, 0.2) is 35.7 Å². The molecule has 2 rings (SSSR count). The molecule has 4 nitrogen and oxygen atoms in total. The van der Waals surface area contributed by atoms with Gasteiger partial charge >= 0.3 is 0 Å². The van der Waals surface area contributed by atoms with Crippen LogP contribution >= 0.6 is 35.3 Å². The Balaban J connectivity index is 2.09. The Morgan fingerprint density at radius 3 is 2.50 bits per heavy atom. The van der Waals surface area contributed by atoms with Gasteiger partial charge < -0.3 is 4.90 Å². The van der Waals surface area contributed by atoms with Crippen molar-refractivity contribution in [3.8, 4) is 0 Å². The number of carbonyl (C=O) groups is 1. The summed E-state index contributed by atoms with van der Waals surface area (Å²) in [5.74, 6) is 0.667. The number of carbonyl (C=O) groups excluding carboxylic acids is 1. The fraction of sp³-hybridized carbons (Fsp3) is 0.353. The number of rotatable bonds is 6. The first-order valence-corrected chi connectivity index (χ1v) is 10.1. The normalized spacial score (nSPS) is 10.5. The first-order chi connectivity index (χ1) is 11.6. The molecule has 0 aliphatic carbocycles. The number of hydrogen-bond acceptors (Lipinski definition) is 5. The zero-order valence-corrected chi connectivity index (χ0v) is 16.5. The maximum atomic E-state index is 12.0. The molecular formula is C17H21N3OS3. The van der Waals surface area contributed by atoms with Crippen LogP contribution in [0.1, 0.15) is 26.5 Å². The largest absolute Gasteiger partial charge is 0.358 e. The minimum absolute atomic E-state index is 0.0478. The zero-order chi connectivity index (χ0) is 17.5. The Hall–Kier alpha value is -1.44. The molecule has 0 spiro atoms. The van der Waals surface area contributed by atoms with E-state index >= 15 is 0 Å². The second-order valence-electron chi connectivity index (χ2n) is 5.04. The van der Waals surface area contributed by atoms with Gasteiger partial charge in [0.1, 0.15) is 4.32 Å². The Labute approximate surface area is 156 Å². The highest BCUT2D eigenvalue weighted by Gasteiger charge is 2.18. The summed E-state index contributed by atoms with van der Waals surface area (Å²) in [5.41, 5.74) is 1.77. The molecule has 7 heteroatoms. The number of para-hydroxylation sites is 1. The second-order valence-corrected chi connectivity index (χ2v) is 7.48. The lowest BCUT2D eigenvalue weighted by Gasteiger charge is -2.20. The van der Waals surface area contributed by atoms with E-state index in [1.54, 1.807) is 23.6 Å². The van der Waals surface area contributed by atoms with Crippen LogP contribution in [-0.2, 0) is 10.5 Å². The van der Waals surface area contributed by atoms with Crippen molar-refractivity contribution in [2.24, 2.45) is 0 Å². The number of hydrogen-bond donors (Lipinski definition) is 0. The van der Waals surface area contributed by atoms with E-state index in [0.29, 0.717) is 10.9 Å². The highest BCUT2D eigenvalue weighted by molar-refractivity contribution is 8.22. The Morgan fingerprint density at radius 1 is 1.25 bits per heavy atom. The molecule has 1 aromatic heterocycles. The lowest BCUT2D eigenvalue weighted by Crippen LogP contribution is -2.26. The van der Waals surface area contributed by atoms with Gasteiger partial charge in [-0.2, -0.15) is 0 Å². The first kappa shape index (κ1) is 18.9. The number of amides is 1. The van der Waals surface area contributed by atoms with Gasteiger partial charge in [0.2, 0.25) is 5.91 Å². The summed E-state index contributed by atoms with van der Waals surface area (Å²) in [6.07, 6.45) is 0. The van der Waals surface area contributed by atoms with Crippen LogP contribution in [0.3, 0.4) is 0 Å². The minimum atomic E-state index is -0.0478. The number of thiocarbonyl (C=S) groups is 1. The quantitative estimate of drug-likeness (QED) is 0.681. The molecule has 0 fully saturated rings. The Morgan fingerprint density at radius 2 is 1.92 bits per heavy atom. The highest BCUT2D eigenvalue weighted by atomic mass is 32.2. The summed E-state index contributed by atoms with van der Waals surface area (Å²) in [5, 5.41) is 2.68. The van der Waals surface area contributed by atoms with E-state index in [1.807, 2.05) is 35.7 Å². The summed E-state index contributed by atoms with van der Waals surface area (Å²) in [6, 6.07) is 9.58. The fourth-order valence-corrected chi connectivity index (χ4v) is 4.47. The molecule has 0 unspecified atom stereocenters. The number of anilines is 2. The van der Waals surface area contributed by atoms with E-state index in [0.717, 1.165) is 28.8 Å². The molecule has 0 bridgehead atoms. The highest BCUT2D eigenvalue weighted by Crippen LogP contribution is 2.30. The van der Waals surface area contributed by atoms with Crippen LogP contribution in [0.2, 0.25) is 0 Å². The van der Waals surface area contributed by atoms with Crippen molar-refractivity contribution >= 4 is 56.4 Å². The van der Waals surface area contributed by atoms with Crippen LogP contribution in [0.25, 0.3) is 0 Å². The lowest BCUT2D eigenvalue weighted by molar-refractivity contribution is -0.115. The van der Waals surface area contributed by atoms with Crippen molar-refractivity contribution in [3.05, 3.63) is 41.4 Å². The molecule has 0 N–H and O–H groups in total. The van der Waals surface area contributed by atoms with E-state index in [9.17, 15) is 4.79 Å². The van der Waals surface area contributed by atoms with Crippen molar-refractivity contribution in [2.45, 2.75) is 26.5 Å². The first-order valence-electron chi connectivity index (χ1n) is 7.78. The van der Waals surface area contributed by atoms with Crippen molar-refractivity contribution in [1.29, 1.82) is 0 Å². The van der Waals surface area contributed by atoms with Gasteiger partial charge in [0.15, 0.2) is 5.13 Å². The molecule has 0 saturated carbocycles. The van der Waals surface area contributed by atoms with Crippen LogP contribution in [-0.4, -0.2) is 33.2 Å². The maximum Gasteiger partial charge on any atom is 0.230 e. The van der Waals surface area contributed by atoms with Gasteiger partial charge in [-0.25, -0.2) is 4.98 Å². The number of aromatic nitrogens is 1. The number of benzene rings is 1. The van der Waals surface area contributed by atoms with Gasteiger partial charge in [0, 0.05) is 31.1 Å². The average molecular weight is 380 g/mol. The molecule has 1 amide bonds. The van der Waals surface area contributed by atoms with E-state index in [4.69, 9.17) is 12.2 Å². The molecule has 2 aromatic rings. The third kappa shape index (κ3) is 4.78. The van der Waals surface area contributed by atoms with Gasteiger partial charge in [0.05, 0.1) is 11.4 Å². The third-order valence-corrected chi connectivity index (χ3v) is 5.86. The summed E-state index contributed by atoms with van der Waals surface area (Å²) in [4.78, 5) is 20.5. The summed E-state index contributed by atoms with van der Waals surface area (Å²) in [7, 11) is 0. The molecule has 128 valence electrons. The topological polar surface area (TPSA) is 36.4 Å². The summed E-state index contributed by atoms with van der Waals surface area (Å²) < 4.78 is 0.890. The van der Waals surface area contributed by atoms with E-state index in [2.05, 4.69) is 23.7 Å². The van der Waals surface area contributed by atoms with E-state index < -0.39 is 0 Å². The molecule has 0 aliphatic heterocycles. The van der Waals surface area contributed by atoms with Gasteiger partial charge in [-0.05, 0) is 26.0 Å². The maximum absolute atomic E-state index is 12.0. The molecule has 0 aliphatic rings. The van der Waals surface area contributed by atoms with Crippen LogP contribution in [0, 0.1) is 0 Å². The average Bonchev–Trinajstić information content (AvgIpc) is 3.03. The van der Waals surface area contributed by atoms with Crippen LogP contribution < -0.4 is 4.90 Å². The Kier molecular flexibility index (Phi) is 7.20. The predicted molar refractivity (Wildman–Crippen MR) is 108 cm³/mol. The summed E-state index contributed by atoms with van der Waals surface area (Å²) in [6.45, 7) is 7.58. The van der Waals surface area contributed by atoms with E-state index in [-0.39, 0.29) is 5.91 Å². The number of thiazole rings is 1. The standard InChI is InChI=1S/C17H21N3OS3/c1-4-19(5-2)17(22)24-12-14-11-23-16(18-14)20(13(3)21)15-9-7-6-8-10-15/h6-11H,4-5,12H2,1-3H3. The summed E-state index contributed by atoms with van der Waals surface area (Å²) >= 11 is 8.54. The predicted octanol–water partition coefficient (Wildman–Crippen LogP) is 4.69. The van der Waals surface area contributed by atoms with Gasteiger partial charge in [-0.3, -0.25) is 9.69 Å². The smallest absolute Gasteiger partial charge is 0.230 e. The molecule has 24 heavy (non-hydrogen) atoms. The van der Waals surface area contributed by atoms with Crippen LogP contribution in [0.5, 0.6) is 0 Å². The monoisotopic (exact) mass is 379 g/mol. The molecule has 1 heterocycles. The van der Waals surface area contributed by atoms with Crippen molar-refractivity contribution < 1.29 is 4.79 Å². The number of nitrogens with zero attached hydrogens (tertiary/aromatic N) is 3. The van der Waals surface area contributed by atoms with Gasteiger partial charge in [-0.15, -0.1) is 11.3 Å². The number of thioether (sulfide) groups is 1. The van der Waals surface area contributed by atoms with Crippen LogP contribution in [0.4, 0.5) is 10.8 Å². The minimum Gasteiger partial charge on any atom is -0.358 e. The lowest BCUT2D eigenvalue weighted by atomic mass is 10.3. The molecule has 0 radical (unpaired) electrons. The fourth-order valence-electron chi connectivity index (χ4n) is 2.18. The van der Waals surface area contributed by atoms with Crippen molar-refractivity contribution in [1.82, 2.24) is 9.88 Å². The van der Waals surface area contributed by atoms with Gasteiger partial charge in [-0.1, -0.05) is 42.2 Å². The molecule has 0 saturated heterocycles. The van der Waals surface area contributed by atoms with Crippen molar-refractivity contribution in [3.63, 3.8) is 0 Å². The zero-order valence-electron chi connectivity index (χ0n) is 14.1.